The van der Waals surface area contributed by atoms with Gasteiger partial charge >= 0.3 is 0 Å². The molecule has 0 aliphatic carbocycles. The normalized spacial score (nSPS) is 14.1. The van der Waals surface area contributed by atoms with E-state index in [1.54, 1.807) is 48.8 Å². The second-order valence-electron chi connectivity index (χ2n) is 5.30. The third-order valence-electron chi connectivity index (χ3n) is 3.71. The summed E-state index contributed by atoms with van der Waals surface area (Å²) in [6, 6.07) is 9.86. The molecule has 7 nitrogen and oxygen atoms in total. The van der Waals surface area contributed by atoms with E-state index in [-0.39, 0.29) is 18.8 Å². The van der Waals surface area contributed by atoms with Crippen LogP contribution in [0.15, 0.2) is 48.8 Å². The number of sulfonamides is 1. The number of rotatable bonds is 6. The van der Waals surface area contributed by atoms with Crippen molar-refractivity contribution in [2.75, 3.05) is 12.3 Å². The Morgan fingerprint density at radius 1 is 0.958 bits per heavy atom. The SMILES string of the molecule is O=C1c2ccccc2C(=O)N1CCS(=O)(=O)NCc1ccncc1. The molecule has 2 aromatic rings. The number of aromatic nitrogens is 1. The highest BCUT2D eigenvalue weighted by molar-refractivity contribution is 7.89. The fourth-order valence-corrected chi connectivity index (χ4v) is 3.37. The summed E-state index contributed by atoms with van der Waals surface area (Å²) in [7, 11) is -3.62. The van der Waals surface area contributed by atoms with Crippen molar-refractivity contribution in [1.82, 2.24) is 14.6 Å². The van der Waals surface area contributed by atoms with Crippen LogP contribution in [0.2, 0.25) is 0 Å². The second-order valence-corrected chi connectivity index (χ2v) is 7.23. The fourth-order valence-electron chi connectivity index (χ4n) is 2.42. The first-order chi connectivity index (χ1) is 11.5. The number of carbonyl (C=O) groups is 2. The first-order valence-corrected chi connectivity index (χ1v) is 8.94. The molecule has 24 heavy (non-hydrogen) atoms. The van der Waals surface area contributed by atoms with Crippen molar-refractivity contribution in [2.45, 2.75) is 6.54 Å². The van der Waals surface area contributed by atoms with Gasteiger partial charge in [-0.05, 0) is 29.8 Å². The van der Waals surface area contributed by atoms with Crippen LogP contribution in [0, 0.1) is 0 Å². The lowest BCUT2D eigenvalue weighted by molar-refractivity contribution is 0.0664. The van der Waals surface area contributed by atoms with Crippen LogP contribution in [0.4, 0.5) is 0 Å². The topological polar surface area (TPSA) is 96.4 Å². The van der Waals surface area contributed by atoms with Crippen LogP contribution in [0.3, 0.4) is 0 Å². The molecular weight excluding hydrogens is 330 g/mol. The number of pyridine rings is 1. The fraction of sp³-hybridized carbons (Fsp3) is 0.188. The van der Waals surface area contributed by atoms with E-state index in [1.807, 2.05) is 0 Å². The smallest absolute Gasteiger partial charge is 0.261 e. The molecule has 0 atom stereocenters. The number of benzene rings is 1. The number of hydrogen-bond donors (Lipinski definition) is 1. The van der Waals surface area contributed by atoms with Gasteiger partial charge in [0.15, 0.2) is 0 Å². The van der Waals surface area contributed by atoms with Crippen LogP contribution in [-0.4, -0.2) is 42.4 Å². The lowest BCUT2D eigenvalue weighted by Gasteiger charge is -2.14. The molecule has 0 unspecified atom stereocenters. The molecule has 8 heteroatoms. The predicted molar refractivity (Wildman–Crippen MR) is 86.7 cm³/mol. The Kier molecular flexibility index (Phi) is 4.41. The van der Waals surface area contributed by atoms with Gasteiger partial charge < -0.3 is 0 Å². The summed E-state index contributed by atoms with van der Waals surface area (Å²) < 4.78 is 26.6. The van der Waals surface area contributed by atoms with Crippen LogP contribution in [0.5, 0.6) is 0 Å². The Balaban J connectivity index is 1.61. The van der Waals surface area contributed by atoms with Crippen LogP contribution in [0.25, 0.3) is 0 Å². The zero-order chi connectivity index (χ0) is 17.2. The average Bonchev–Trinajstić information content (AvgIpc) is 2.84. The molecule has 0 saturated carbocycles. The highest BCUT2D eigenvalue weighted by atomic mass is 32.2. The minimum absolute atomic E-state index is 0.132. The summed E-state index contributed by atoms with van der Waals surface area (Å²) in [5.74, 6) is -1.26. The van der Waals surface area contributed by atoms with Crippen molar-refractivity contribution < 1.29 is 18.0 Å². The Morgan fingerprint density at radius 2 is 1.54 bits per heavy atom. The van der Waals surface area contributed by atoms with E-state index in [4.69, 9.17) is 0 Å². The van der Waals surface area contributed by atoms with Gasteiger partial charge in [-0.1, -0.05) is 12.1 Å². The lowest BCUT2D eigenvalue weighted by atomic mass is 10.1. The Hall–Kier alpha value is -2.58. The third kappa shape index (κ3) is 3.34. The van der Waals surface area contributed by atoms with Crippen molar-refractivity contribution >= 4 is 21.8 Å². The number of nitrogens with one attached hydrogen (secondary N) is 1. The Labute approximate surface area is 139 Å². The van der Waals surface area contributed by atoms with E-state index in [9.17, 15) is 18.0 Å². The van der Waals surface area contributed by atoms with Crippen molar-refractivity contribution in [3.05, 3.63) is 65.5 Å². The largest absolute Gasteiger partial charge is 0.273 e. The van der Waals surface area contributed by atoms with E-state index in [0.717, 1.165) is 10.5 Å². The molecule has 1 N–H and O–H groups in total. The first kappa shape index (κ1) is 16.3. The molecule has 0 spiro atoms. The van der Waals surface area contributed by atoms with Crippen LogP contribution < -0.4 is 4.72 Å². The van der Waals surface area contributed by atoms with Crippen LogP contribution in [-0.2, 0) is 16.6 Å². The van der Waals surface area contributed by atoms with Crippen LogP contribution in [0.1, 0.15) is 26.3 Å². The molecule has 1 aromatic heterocycles. The number of fused-ring (bicyclic) bond motifs is 1. The van der Waals surface area contributed by atoms with Gasteiger partial charge in [-0.3, -0.25) is 19.5 Å². The molecule has 124 valence electrons. The summed E-state index contributed by atoms with van der Waals surface area (Å²) in [5, 5.41) is 0. The summed E-state index contributed by atoms with van der Waals surface area (Å²) in [6.45, 7) is -0.0506. The Morgan fingerprint density at radius 3 is 2.12 bits per heavy atom. The van der Waals surface area contributed by atoms with E-state index < -0.39 is 21.8 Å². The van der Waals surface area contributed by atoms with Gasteiger partial charge in [-0.15, -0.1) is 0 Å². The van der Waals surface area contributed by atoms with E-state index in [0.29, 0.717) is 11.1 Å². The minimum atomic E-state index is -3.62. The zero-order valence-corrected chi connectivity index (χ0v) is 13.5. The van der Waals surface area contributed by atoms with Gasteiger partial charge in [-0.2, -0.15) is 0 Å². The summed E-state index contributed by atoms with van der Waals surface area (Å²) in [4.78, 5) is 29.2. The standard InChI is InChI=1S/C16H15N3O4S/c20-15-13-3-1-2-4-14(13)16(21)19(15)9-10-24(22,23)18-11-12-5-7-17-8-6-12/h1-8,18H,9-11H2. The molecule has 2 heterocycles. The molecular formula is C16H15N3O4S. The van der Waals surface area contributed by atoms with E-state index in [2.05, 4.69) is 9.71 Å². The molecule has 0 fully saturated rings. The zero-order valence-electron chi connectivity index (χ0n) is 12.7. The van der Waals surface area contributed by atoms with Gasteiger partial charge in [0.25, 0.3) is 11.8 Å². The van der Waals surface area contributed by atoms with Gasteiger partial charge in [0.1, 0.15) is 0 Å². The van der Waals surface area contributed by atoms with Gasteiger partial charge in [0.05, 0.1) is 16.9 Å². The maximum absolute atomic E-state index is 12.2. The quantitative estimate of drug-likeness (QED) is 0.781. The number of nitrogens with zero attached hydrogens (tertiary/aromatic N) is 2. The molecule has 1 aliphatic rings. The Bertz CT molecular complexity index is 846. The second kappa shape index (κ2) is 6.50. The molecule has 3 rings (SSSR count). The maximum Gasteiger partial charge on any atom is 0.261 e. The molecule has 0 saturated heterocycles. The summed E-state index contributed by atoms with van der Waals surface area (Å²) >= 11 is 0. The maximum atomic E-state index is 12.2. The molecule has 0 radical (unpaired) electrons. The van der Waals surface area contributed by atoms with Gasteiger partial charge in [-0.25, -0.2) is 13.1 Å². The van der Waals surface area contributed by atoms with Crippen molar-refractivity contribution in [3.8, 4) is 0 Å². The average molecular weight is 345 g/mol. The first-order valence-electron chi connectivity index (χ1n) is 7.29. The highest BCUT2D eigenvalue weighted by Gasteiger charge is 2.35. The minimum Gasteiger partial charge on any atom is -0.273 e. The summed E-state index contributed by atoms with van der Waals surface area (Å²) in [5.41, 5.74) is 1.39. The van der Waals surface area contributed by atoms with Gasteiger partial charge in [0.2, 0.25) is 10.0 Å². The molecule has 2 amide bonds. The molecule has 1 aromatic carbocycles. The van der Waals surface area contributed by atoms with Gasteiger partial charge in [0, 0.05) is 25.5 Å². The van der Waals surface area contributed by atoms with Crippen LogP contribution >= 0.6 is 0 Å². The van der Waals surface area contributed by atoms with Crippen molar-refractivity contribution in [3.63, 3.8) is 0 Å². The third-order valence-corrected chi connectivity index (χ3v) is 5.01. The molecule has 1 aliphatic heterocycles. The number of carbonyl (C=O) groups excluding carboxylic acids is 2. The monoisotopic (exact) mass is 345 g/mol. The lowest BCUT2D eigenvalue weighted by Crippen LogP contribution is -2.37. The molecule has 0 bridgehead atoms. The number of amides is 2. The number of hydrogen-bond acceptors (Lipinski definition) is 5. The predicted octanol–water partition coefficient (Wildman–Crippen LogP) is 0.797. The highest BCUT2D eigenvalue weighted by Crippen LogP contribution is 2.22. The van der Waals surface area contributed by atoms with E-state index >= 15 is 0 Å². The van der Waals surface area contributed by atoms with E-state index in [1.165, 1.54) is 0 Å². The summed E-state index contributed by atoms with van der Waals surface area (Å²) in [6.07, 6.45) is 3.14. The number of imide groups is 1. The van der Waals surface area contributed by atoms with Crippen molar-refractivity contribution in [2.24, 2.45) is 0 Å². The van der Waals surface area contributed by atoms with Crippen molar-refractivity contribution in [1.29, 1.82) is 0 Å².